The zero-order valence-electron chi connectivity index (χ0n) is 12.6. The molecule has 0 unspecified atom stereocenters. The summed E-state index contributed by atoms with van der Waals surface area (Å²) in [6.07, 6.45) is 3.69. The van der Waals surface area contributed by atoms with Gasteiger partial charge in [0, 0.05) is 25.2 Å². The van der Waals surface area contributed by atoms with Crippen molar-refractivity contribution in [2.45, 2.75) is 13.0 Å². The molecule has 1 aliphatic heterocycles. The number of esters is 1. The van der Waals surface area contributed by atoms with E-state index in [1.54, 1.807) is 29.9 Å². The highest BCUT2D eigenvalue weighted by molar-refractivity contribution is 6.36. The van der Waals surface area contributed by atoms with Gasteiger partial charge in [-0.1, -0.05) is 11.6 Å². The maximum Gasteiger partial charge on any atom is 0.341 e. The van der Waals surface area contributed by atoms with Crippen molar-refractivity contribution in [1.82, 2.24) is 9.55 Å². The van der Waals surface area contributed by atoms with E-state index in [1.165, 1.54) is 13.3 Å². The Balaban J connectivity index is 2.31. The summed E-state index contributed by atoms with van der Waals surface area (Å²) in [7, 11) is 2.84. The summed E-state index contributed by atoms with van der Waals surface area (Å²) in [4.78, 5) is 15.8. The van der Waals surface area contributed by atoms with Crippen LogP contribution in [0.5, 0.6) is 0 Å². The SMILES string of the molecule is COC(=O)c1c(Cl)c(-c2cccnc2F)n2c1C=C(OC)CC2. The number of hydrogen-bond donors (Lipinski definition) is 0. The number of halogens is 2. The molecule has 0 aliphatic carbocycles. The largest absolute Gasteiger partial charge is 0.501 e. The molecule has 0 atom stereocenters. The predicted molar refractivity (Wildman–Crippen MR) is 83.6 cm³/mol. The van der Waals surface area contributed by atoms with E-state index in [1.807, 2.05) is 0 Å². The van der Waals surface area contributed by atoms with Gasteiger partial charge in [0.05, 0.1) is 42.0 Å². The molecule has 0 spiro atoms. The molecule has 0 saturated heterocycles. The Bertz CT molecular complexity index is 814. The van der Waals surface area contributed by atoms with Crippen LogP contribution in [0.2, 0.25) is 5.02 Å². The molecule has 120 valence electrons. The van der Waals surface area contributed by atoms with Gasteiger partial charge in [-0.15, -0.1) is 0 Å². The van der Waals surface area contributed by atoms with Gasteiger partial charge in [-0.2, -0.15) is 4.39 Å². The van der Waals surface area contributed by atoms with Crippen LogP contribution in [0.25, 0.3) is 17.3 Å². The Morgan fingerprint density at radius 1 is 1.43 bits per heavy atom. The van der Waals surface area contributed by atoms with Crippen LogP contribution >= 0.6 is 11.6 Å². The van der Waals surface area contributed by atoms with Gasteiger partial charge < -0.3 is 14.0 Å². The van der Waals surface area contributed by atoms with Crippen LogP contribution in [0.1, 0.15) is 22.5 Å². The summed E-state index contributed by atoms with van der Waals surface area (Å²) in [5.74, 6) is -0.509. The van der Waals surface area contributed by atoms with E-state index in [0.29, 0.717) is 24.4 Å². The van der Waals surface area contributed by atoms with Gasteiger partial charge in [0.25, 0.3) is 0 Å². The number of allylic oxidation sites excluding steroid dienone is 1. The number of rotatable bonds is 3. The second-order valence-corrected chi connectivity index (χ2v) is 5.35. The van der Waals surface area contributed by atoms with Crippen molar-refractivity contribution in [2.75, 3.05) is 14.2 Å². The van der Waals surface area contributed by atoms with Gasteiger partial charge >= 0.3 is 5.97 Å². The fourth-order valence-corrected chi connectivity index (χ4v) is 3.10. The Kier molecular flexibility index (Phi) is 4.09. The maximum atomic E-state index is 14.1. The first-order valence-corrected chi connectivity index (χ1v) is 7.32. The number of ether oxygens (including phenoxy) is 2. The molecule has 0 saturated carbocycles. The first-order valence-electron chi connectivity index (χ1n) is 6.94. The molecule has 0 amide bonds. The van der Waals surface area contributed by atoms with Crippen LogP contribution in [0.15, 0.2) is 24.1 Å². The maximum absolute atomic E-state index is 14.1. The minimum absolute atomic E-state index is 0.146. The molecule has 2 aromatic heterocycles. The van der Waals surface area contributed by atoms with Crippen LogP contribution in [0, 0.1) is 5.95 Å². The average Bonchev–Trinajstić information content (AvgIpc) is 2.85. The van der Waals surface area contributed by atoms with Gasteiger partial charge in [0.15, 0.2) is 0 Å². The lowest BCUT2D eigenvalue weighted by Gasteiger charge is -2.18. The molecule has 0 fully saturated rings. The summed E-state index contributed by atoms with van der Waals surface area (Å²) in [5, 5.41) is 0.146. The molecule has 0 bridgehead atoms. The number of hydrogen-bond acceptors (Lipinski definition) is 4. The number of nitrogens with zero attached hydrogens (tertiary/aromatic N) is 2. The van der Waals surface area contributed by atoms with Gasteiger partial charge in [-0.25, -0.2) is 9.78 Å². The summed E-state index contributed by atoms with van der Waals surface area (Å²) in [6, 6.07) is 3.19. The van der Waals surface area contributed by atoms with E-state index in [9.17, 15) is 9.18 Å². The van der Waals surface area contributed by atoms with E-state index in [4.69, 9.17) is 21.1 Å². The molecule has 0 radical (unpaired) electrons. The zero-order valence-corrected chi connectivity index (χ0v) is 13.4. The Hall–Kier alpha value is -2.34. The van der Waals surface area contributed by atoms with Crippen LogP contribution in [-0.4, -0.2) is 29.7 Å². The third-order valence-corrected chi connectivity index (χ3v) is 4.16. The number of carbonyl (C=O) groups excluding carboxylic acids is 1. The summed E-state index contributed by atoms with van der Waals surface area (Å²) >= 11 is 6.40. The Labute approximate surface area is 137 Å². The molecule has 5 nitrogen and oxygen atoms in total. The lowest BCUT2D eigenvalue weighted by Crippen LogP contribution is -2.12. The third kappa shape index (κ3) is 2.49. The van der Waals surface area contributed by atoms with Crippen molar-refractivity contribution in [3.63, 3.8) is 0 Å². The molecule has 7 heteroatoms. The van der Waals surface area contributed by atoms with Crippen molar-refractivity contribution in [1.29, 1.82) is 0 Å². The molecule has 0 N–H and O–H groups in total. The quantitative estimate of drug-likeness (QED) is 0.635. The fourth-order valence-electron chi connectivity index (χ4n) is 2.72. The van der Waals surface area contributed by atoms with Crippen molar-refractivity contribution in [3.05, 3.63) is 46.3 Å². The number of pyridine rings is 1. The molecule has 1 aliphatic rings. The van der Waals surface area contributed by atoms with E-state index in [0.717, 1.165) is 5.76 Å². The van der Waals surface area contributed by atoms with Gasteiger partial charge in [0.2, 0.25) is 5.95 Å². The second kappa shape index (κ2) is 6.04. The monoisotopic (exact) mass is 336 g/mol. The van der Waals surface area contributed by atoms with Crippen LogP contribution in [-0.2, 0) is 16.0 Å². The Morgan fingerprint density at radius 2 is 2.22 bits per heavy atom. The molecule has 23 heavy (non-hydrogen) atoms. The van der Waals surface area contributed by atoms with Crippen molar-refractivity contribution in [3.8, 4) is 11.3 Å². The van der Waals surface area contributed by atoms with E-state index >= 15 is 0 Å². The van der Waals surface area contributed by atoms with Crippen molar-refractivity contribution >= 4 is 23.6 Å². The minimum Gasteiger partial charge on any atom is -0.501 e. The standard InChI is InChI=1S/C16H14ClFN2O3/c1-22-9-5-7-20-11(8-9)12(16(21)23-2)13(17)14(20)10-4-3-6-19-15(10)18/h3-4,6,8H,5,7H2,1-2H3. The summed E-state index contributed by atoms with van der Waals surface area (Å²) in [5.41, 5.74) is 1.40. The second-order valence-electron chi connectivity index (χ2n) is 4.97. The highest BCUT2D eigenvalue weighted by atomic mass is 35.5. The normalized spacial score (nSPS) is 13.3. The van der Waals surface area contributed by atoms with Gasteiger partial charge in [0.1, 0.15) is 5.56 Å². The highest BCUT2D eigenvalue weighted by Crippen LogP contribution is 2.40. The van der Waals surface area contributed by atoms with Gasteiger partial charge in [-0.05, 0) is 12.1 Å². The highest BCUT2D eigenvalue weighted by Gasteiger charge is 2.30. The van der Waals surface area contributed by atoms with Crippen LogP contribution in [0.3, 0.4) is 0 Å². The van der Waals surface area contributed by atoms with Crippen molar-refractivity contribution in [2.24, 2.45) is 0 Å². The molecule has 3 rings (SSSR count). The number of aromatic nitrogens is 2. The Morgan fingerprint density at radius 3 is 2.87 bits per heavy atom. The third-order valence-electron chi connectivity index (χ3n) is 3.79. The predicted octanol–water partition coefficient (Wildman–Crippen LogP) is 3.52. The van der Waals surface area contributed by atoms with E-state index in [-0.39, 0.29) is 16.1 Å². The first-order chi connectivity index (χ1) is 11.1. The zero-order chi connectivity index (χ0) is 16.6. The fraction of sp³-hybridized carbons (Fsp3) is 0.250. The molecular formula is C16H14ClFN2O3. The van der Waals surface area contributed by atoms with Crippen LogP contribution < -0.4 is 0 Å². The number of methoxy groups -OCH3 is 2. The number of fused-ring (bicyclic) bond motifs is 1. The van der Waals surface area contributed by atoms with Crippen molar-refractivity contribution < 1.29 is 18.7 Å². The summed E-state index contributed by atoms with van der Waals surface area (Å²) in [6.45, 7) is 0.509. The lowest BCUT2D eigenvalue weighted by molar-refractivity contribution is 0.0600. The molecule has 2 aromatic rings. The smallest absolute Gasteiger partial charge is 0.341 e. The van der Waals surface area contributed by atoms with Gasteiger partial charge in [-0.3, -0.25) is 0 Å². The number of carbonyl (C=O) groups is 1. The first kappa shape index (κ1) is 15.6. The minimum atomic E-state index is -0.646. The van der Waals surface area contributed by atoms with E-state index < -0.39 is 11.9 Å². The molecular weight excluding hydrogens is 323 g/mol. The topological polar surface area (TPSA) is 53.3 Å². The molecule has 3 heterocycles. The average molecular weight is 337 g/mol. The van der Waals surface area contributed by atoms with Crippen LogP contribution in [0.4, 0.5) is 4.39 Å². The summed E-state index contributed by atoms with van der Waals surface area (Å²) < 4.78 is 26.0. The molecule has 0 aromatic carbocycles. The lowest BCUT2D eigenvalue weighted by atomic mass is 10.1. The van der Waals surface area contributed by atoms with E-state index in [2.05, 4.69) is 4.98 Å².